The number of amides is 2. The molecular weight excluding hydrogens is 376 g/mol. The zero-order chi connectivity index (χ0) is 21.5. The Bertz CT molecular complexity index is 964. The van der Waals surface area contributed by atoms with E-state index in [0.717, 1.165) is 22.3 Å². The highest BCUT2D eigenvalue weighted by Gasteiger charge is 2.24. The van der Waals surface area contributed by atoms with Crippen LogP contribution in [0, 0.1) is 13.8 Å². The number of carbonyl (C=O) groups excluding carboxylic acids is 2. The van der Waals surface area contributed by atoms with Gasteiger partial charge in [0.1, 0.15) is 5.75 Å². The van der Waals surface area contributed by atoms with Gasteiger partial charge in [-0.15, -0.1) is 0 Å². The first-order chi connectivity index (χ1) is 14.5. The molecule has 3 rings (SSSR count). The van der Waals surface area contributed by atoms with Gasteiger partial charge in [-0.25, -0.2) is 0 Å². The molecule has 3 aromatic carbocycles. The van der Waals surface area contributed by atoms with Crippen molar-refractivity contribution in [1.82, 2.24) is 10.9 Å². The summed E-state index contributed by atoms with van der Waals surface area (Å²) < 4.78 is 5.79. The predicted molar refractivity (Wildman–Crippen MR) is 117 cm³/mol. The van der Waals surface area contributed by atoms with Crippen molar-refractivity contribution in [3.8, 4) is 5.75 Å². The number of benzene rings is 3. The highest BCUT2D eigenvalue weighted by atomic mass is 16.5. The van der Waals surface area contributed by atoms with Gasteiger partial charge in [0.25, 0.3) is 5.91 Å². The van der Waals surface area contributed by atoms with Crippen LogP contribution in [0.25, 0.3) is 0 Å². The third kappa shape index (κ3) is 5.26. The molecule has 1 unspecified atom stereocenters. The van der Waals surface area contributed by atoms with Crippen molar-refractivity contribution in [3.05, 3.63) is 101 Å². The molecule has 5 nitrogen and oxygen atoms in total. The highest BCUT2D eigenvalue weighted by molar-refractivity contribution is 5.90. The molecule has 0 heterocycles. The number of nitrogens with one attached hydrogen (secondary N) is 2. The van der Waals surface area contributed by atoms with Gasteiger partial charge >= 0.3 is 0 Å². The molecule has 0 aliphatic heterocycles. The lowest BCUT2D eigenvalue weighted by Gasteiger charge is -2.20. The van der Waals surface area contributed by atoms with Gasteiger partial charge in [-0.1, -0.05) is 72.8 Å². The molecule has 2 amide bonds. The summed E-state index contributed by atoms with van der Waals surface area (Å²) >= 11 is 0. The predicted octanol–water partition coefficient (Wildman–Crippen LogP) is 4.05. The van der Waals surface area contributed by atoms with E-state index in [0.29, 0.717) is 5.75 Å². The Morgan fingerprint density at radius 1 is 0.767 bits per heavy atom. The normalized spacial score (nSPS) is 11.6. The Morgan fingerprint density at radius 2 is 1.30 bits per heavy atom. The Labute approximate surface area is 177 Å². The van der Waals surface area contributed by atoms with Crippen LogP contribution in [0.2, 0.25) is 0 Å². The maximum absolute atomic E-state index is 13.0. The molecule has 2 N–H and O–H groups in total. The van der Waals surface area contributed by atoms with E-state index in [1.165, 1.54) is 0 Å². The minimum atomic E-state index is -0.766. The van der Waals surface area contributed by atoms with Crippen molar-refractivity contribution in [2.75, 3.05) is 0 Å². The number of rotatable bonds is 6. The molecule has 0 bridgehead atoms. The molecule has 154 valence electrons. The summed E-state index contributed by atoms with van der Waals surface area (Å²) in [7, 11) is 0. The minimum absolute atomic E-state index is 0.320. The average molecular weight is 402 g/mol. The molecule has 3 aromatic rings. The van der Waals surface area contributed by atoms with E-state index in [-0.39, 0.29) is 5.91 Å². The van der Waals surface area contributed by atoms with Crippen LogP contribution in [0.15, 0.2) is 78.9 Å². The summed E-state index contributed by atoms with van der Waals surface area (Å²) in [6.07, 6.45) is -0.766. The van der Waals surface area contributed by atoms with Crippen molar-refractivity contribution in [3.63, 3.8) is 0 Å². The molecule has 0 fully saturated rings. The summed E-state index contributed by atoms with van der Waals surface area (Å²) in [6.45, 7) is 5.53. The molecule has 0 aliphatic rings. The quantitative estimate of drug-likeness (QED) is 0.611. The number of carbonyl (C=O) groups is 2. The van der Waals surface area contributed by atoms with E-state index in [1.54, 1.807) is 6.92 Å². The molecule has 0 saturated heterocycles. The molecule has 0 saturated carbocycles. The van der Waals surface area contributed by atoms with Crippen LogP contribution in [0.1, 0.15) is 35.1 Å². The molecule has 0 aromatic heterocycles. The first-order valence-electron chi connectivity index (χ1n) is 9.89. The van der Waals surface area contributed by atoms with E-state index < -0.39 is 17.9 Å². The van der Waals surface area contributed by atoms with Gasteiger partial charge < -0.3 is 4.74 Å². The third-order valence-corrected chi connectivity index (χ3v) is 4.85. The molecule has 0 aliphatic carbocycles. The Balaban J connectivity index is 1.67. The van der Waals surface area contributed by atoms with Crippen molar-refractivity contribution >= 4 is 11.8 Å². The van der Waals surface area contributed by atoms with Gasteiger partial charge in [0.15, 0.2) is 6.10 Å². The SMILES string of the molecule is Cc1ccc(C)c(OC(C)C(=O)NNC(=O)C(c2ccccc2)c2ccccc2)c1. The van der Waals surface area contributed by atoms with Crippen molar-refractivity contribution in [1.29, 1.82) is 0 Å². The number of hydrogen-bond donors (Lipinski definition) is 2. The Hall–Kier alpha value is -3.60. The molecule has 1 atom stereocenters. The van der Waals surface area contributed by atoms with Crippen LogP contribution in [-0.2, 0) is 9.59 Å². The number of aryl methyl sites for hydroxylation is 2. The van der Waals surface area contributed by atoms with Crippen LogP contribution >= 0.6 is 0 Å². The van der Waals surface area contributed by atoms with Crippen LogP contribution in [0.3, 0.4) is 0 Å². The summed E-state index contributed by atoms with van der Waals surface area (Å²) in [5.41, 5.74) is 8.72. The van der Waals surface area contributed by atoms with Gasteiger partial charge in [-0.05, 0) is 49.1 Å². The van der Waals surface area contributed by atoms with Crippen molar-refractivity contribution in [2.24, 2.45) is 0 Å². The van der Waals surface area contributed by atoms with E-state index in [4.69, 9.17) is 4.74 Å². The van der Waals surface area contributed by atoms with Crippen molar-refractivity contribution < 1.29 is 14.3 Å². The summed E-state index contributed by atoms with van der Waals surface area (Å²) in [6, 6.07) is 24.7. The lowest BCUT2D eigenvalue weighted by molar-refractivity contribution is -0.133. The van der Waals surface area contributed by atoms with Crippen molar-refractivity contribution in [2.45, 2.75) is 32.8 Å². The number of hydrazine groups is 1. The average Bonchev–Trinajstić information content (AvgIpc) is 2.76. The molecular formula is C25H26N2O3. The second-order valence-corrected chi connectivity index (χ2v) is 7.26. The Kier molecular flexibility index (Phi) is 6.86. The maximum atomic E-state index is 13.0. The summed E-state index contributed by atoms with van der Waals surface area (Å²) in [5.74, 6) is -0.637. The van der Waals surface area contributed by atoms with E-state index in [9.17, 15) is 9.59 Å². The molecule has 0 radical (unpaired) electrons. The number of hydrogen-bond acceptors (Lipinski definition) is 3. The monoisotopic (exact) mass is 402 g/mol. The van der Waals surface area contributed by atoms with Gasteiger partial charge in [0.2, 0.25) is 5.91 Å². The summed E-state index contributed by atoms with van der Waals surface area (Å²) in [5, 5.41) is 0. The van der Waals surface area contributed by atoms with E-state index in [2.05, 4.69) is 10.9 Å². The lowest BCUT2D eigenvalue weighted by atomic mass is 9.91. The molecule has 0 spiro atoms. The van der Waals surface area contributed by atoms with Gasteiger partial charge in [0.05, 0.1) is 5.92 Å². The zero-order valence-corrected chi connectivity index (χ0v) is 17.4. The highest BCUT2D eigenvalue weighted by Crippen LogP contribution is 2.24. The fourth-order valence-electron chi connectivity index (χ4n) is 3.16. The third-order valence-electron chi connectivity index (χ3n) is 4.85. The van der Waals surface area contributed by atoms with Crippen LogP contribution < -0.4 is 15.6 Å². The zero-order valence-electron chi connectivity index (χ0n) is 17.4. The lowest BCUT2D eigenvalue weighted by Crippen LogP contribution is -2.48. The van der Waals surface area contributed by atoms with Crippen LogP contribution in [0.4, 0.5) is 0 Å². The maximum Gasteiger partial charge on any atom is 0.279 e. The molecule has 5 heteroatoms. The smallest absolute Gasteiger partial charge is 0.279 e. The standard InChI is InChI=1S/C25H26N2O3/c1-17-14-15-18(2)22(16-17)30-19(3)24(28)26-27-25(29)23(20-10-6-4-7-11-20)21-12-8-5-9-13-21/h4-16,19,23H,1-3H3,(H,26,28)(H,27,29). The Morgan fingerprint density at radius 3 is 1.87 bits per heavy atom. The fourth-order valence-corrected chi connectivity index (χ4v) is 3.16. The second-order valence-electron chi connectivity index (χ2n) is 7.26. The number of ether oxygens (including phenoxy) is 1. The van der Waals surface area contributed by atoms with E-state index in [1.807, 2.05) is 92.7 Å². The van der Waals surface area contributed by atoms with E-state index >= 15 is 0 Å². The minimum Gasteiger partial charge on any atom is -0.481 e. The fraction of sp³-hybridized carbons (Fsp3) is 0.200. The largest absolute Gasteiger partial charge is 0.481 e. The summed E-state index contributed by atoms with van der Waals surface area (Å²) in [4.78, 5) is 25.5. The second kappa shape index (κ2) is 9.74. The van der Waals surface area contributed by atoms with Gasteiger partial charge in [0, 0.05) is 0 Å². The topological polar surface area (TPSA) is 67.4 Å². The van der Waals surface area contributed by atoms with Gasteiger partial charge in [-0.3, -0.25) is 20.4 Å². The first kappa shape index (κ1) is 21.1. The first-order valence-corrected chi connectivity index (χ1v) is 9.89. The van der Waals surface area contributed by atoms with Crippen LogP contribution in [0.5, 0.6) is 5.75 Å². The van der Waals surface area contributed by atoms with Gasteiger partial charge in [-0.2, -0.15) is 0 Å². The van der Waals surface area contributed by atoms with Crippen LogP contribution in [-0.4, -0.2) is 17.9 Å². The molecule has 30 heavy (non-hydrogen) atoms.